The summed E-state index contributed by atoms with van der Waals surface area (Å²) < 4.78 is 0. The second-order valence-corrected chi connectivity index (χ2v) is 5.88. The van der Waals surface area contributed by atoms with Crippen molar-refractivity contribution in [3.8, 4) is 0 Å². The Morgan fingerprint density at radius 2 is 2.38 bits per heavy atom. The number of anilines is 2. The normalized spacial score (nSPS) is 14.0. The molecule has 1 aliphatic rings. The number of hydrogen-bond acceptors (Lipinski definition) is 7. The van der Waals surface area contributed by atoms with Gasteiger partial charge in [0.2, 0.25) is 11.8 Å². The van der Waals surface area contributed by atoms with Gasteiger partial charge in [-0.15, -0.1) is 11.3 Å². The van der Waals surface area contributed by atoms with E-state index in [0.29, 0.717) is 24.4 Å². The van der Waals surface area contributed by atoms with Gasteiger partial charge in [0.15, 0.2) is 0 Å². The molecule has 0 unspecified atom stereocenters. The summed E-state index contributed by atoms with van der Waals surface area (Å²) in [5.74, 6) is 0.794. The van der Waals surface area contributed by atoms with Gasteiger partial charge in [0, 0.05) is 18.0 Å². The maximum Gasteiger partial charge on any atom is 0.329 e. The SMILES string of the molecule is CNc1ncc([N+](=O)[O-])c(N(Cc2cccs2)C2CC2)n1. The summed E-state index contributed by atoms with van der Waals surface area (Å²) in [5.41, 5.74) is -0.0440. The third kappa shape index (κ3) is 2.94. The van der Waals surface area contributed by atoms with Crippen LogP contribution in [0.4, 0.5) is 17.5 Å². The summed E-state index contributed by atoms with van der Waals surface area (Å²) in [6.07, 6.45) is 3.36. The van der Waals surface area contributed by atoms with Crippen molar-refractivity contribution in [2.45, 2.75) is 25.4 Å². The number of rotatable bonds is 6. The van der Waals surface area contributed by atoms with Gasteiger partial charge in [-0.1, -0.05) is 6.07 Å². The third-order valence-corrected chi connectivity index (χ3v) is 4.20. The molecule has 3 rings (SSSR count). The standard InChI is InChI=1S/C13H15N5O2S/c1-14-13-15-7-11(18(19)20)12(16-13)17(9-4-5-9)8-10-3-2-6-21-10/h2-3,6-7,9H,4-5,8H2,1H3,(H,14,15,16). The predicted molar refractivity (Wildman–Crippen MR) is 81.8 cm³/mol. The van der Waals surface area contributed by atoms with Gasteiger partial charge in [-0.25, -0.2) is 4.98 Å². The van der Waals surface area contributed by atoms with Crippen molar-refractivity contribution >= 4 is 28.8 Å². The first kappa shape index (κ1) is 13.7. The van der Waals surface area contributed by atoms with Crippen LogP contribution >= 0.6 is 11.3 Å². The van der Waals surface area contributed by atoms with Crippen LogP contribution in [0.1, 0.15) is 17.7 Å². The molecule has 1 N–H and O–H groups in total. The van der Waals surface area contributed by atoms with Crippen molar-refractivity contribution < 1.29 is 4.92 Å². The molecule has 0 aliphatic heterocycles. The smallest absolute Gasteiger partial charge is 0.329 e. The second kappa shape index (κ2) is 5.65. The fourth-order valence-corrected chi connectivity index (χ4v) is 2.86. The number of nitro groups is 1. The molecular formula is C13H15N5O2S. The Labute approximate surface area is 125 Å². The van der Waals surface area contributed by atoms with Crippen molar-refractivity contribution in [1.82, 2.24) is 9.97 Å². The van der Waals surface area contributed by atoms with E-state index in [9.17, 15) is 10.1 Å². The molecule has 2 aromatic heterocycles. The molecule has 2 aromatic rings. The molecule has 0 radical (unpaired) electrons. The van der Waals surface area contributed by atoms with Gasteiger partial charge < -0.3 is 10.2 Å². The monoisotopic (exact) mass is 305 g/mol. The summed E-state index contributed by atoms with van der Waals surface area (Å²) >= 11 is 1.64. The average molecular weight is 305 g/mol. The fourth-order valence-electron chi connectivity index (χ4n) is 2.16. The molecule has 1 saturated carbocycles. The van der Waals surface area contributed by atoms with E-state index in [4.69, 9.17) is 0 Å². The molecule has 1 fully saturated rings. The molecule has 2 heterocycles. The number of hydrogen-bond donors (Lipinski definition) is 1. The van der Waals surface area contributed by atoms with E-state index in [0.717, 1.165) is 12.8 Å². The molecule has 0 amide bonds. The van der Waals surface area contributed by atoms with E-state index in [1.807, 2.05) is 22.4 Å². The maximum absolute atomic E-state index is 11.3. The Kier molecular flexibility index (Phi) is 3.70. The maximum atomic E-state index is 11.3. The Bertz CT molecular complexity index is 642. The fraction of sp³-hybridized carbons (Fsp3) is 0.385. The molecule has 7 nitrogen and oxygen atoms in total. The summed E-state index contributed by atoms with van der Waals surface area (Å²) in [6.45, 7) is 0.642. The molecule has 0 bridgehead atoms. The minimum absolute atomic E-state index is 0.0440. The molecule has 0 saturated heterocycles. The predicted octanol–water partition coefficient (Wildman–Crippen LogP) is 2.66. The lowest BCUT2D eigenvalue weighted by atomic mass is 10.3. The van der Waals surface area contributed by atoms with Gasteiger partial charge >= 0.3 is 5.69 Å². The summed E-state index contributed by atoms with van der Waals surface area (Å²) in [7, 11) is 1.70. The van der Waals surface area contributed by atoms with Crippen molar-refractivity contribution in [2.75, 3.05) is 17.3 Å². The van der Waals surface area contributed by atoms with E-state index >= 15 is 0 Å². The van der Waals surface area contributed by atoms with Crippen LogP contribution < -0.4 is 10.2 Å². The number of aromatic nitrogens is 2. The van der Waals surface area contributed by atoms with Gasteiger partial charge in [-0.2, -0.15) is 4.98 Å². The van der Waals surface area contributed by atoms with Crippen LogP contribution in [0, 0.1) is 10.1 Å². The van der Waals surface area contributed by atoms with Gasteiger partial charge in [-0.3, -0.25) is 10.1 Å². The molecule has 8 heteroatoms. The van der Waals surface area contributed by atoms with Crippen LogP contribution in [0.2, 0.25) is 0 Å². The van der Waals surface area contributed by atoms with E-state index < -0.39 is 4.92 Å². The molecular weight excluding hydrogens is 290 g/mol. The van der Waals surface area contributed by atoms with Crippen LogP contribution in [0.25, 0.3) is 0 Å². The van der Waals surface area contributed by atoms with E-state index in [1.165, 1.54) is 11.1 Å². The quantitative estimate of drug-likeness (QED) is 0.652. The second-order valence-electron chi connectivity index (χ2n) is 4.85. The van der Waals surface area contributed by atoms with Gasteiger partial charge in [0.1, 0.15) is 6.20 Å². The lowest BCUT2D eigenvalue weighted by molar-refractivity contribution is -0.384. The van der Waals surface area contributed by atoms with Crippen molar-refractivity contribution in [1.29, 1.82) is 0 Å². The molecule has 0 atom stereocenters. The largest absolute Gasteiger partial charge is 0.357 e. The lowest BCUT2D eigenvalue weighted by Crippen LogP contribution is -2.27. The first-order chi connectivity index (χ1) is 10.2. The summed E-state index contributed by atoms with van der Waals surface area (Å²) in [5, 5.41) is 16.1. The highest BCUT2D eigenvalue weighted by Crippen LogP contribution is 2.37. The average Bonchev–Trinajstić information content (AvgIpc) is 3.20. The van der Waals surface area contributed by atoms with Crippen LogP contribution in [0.3, 0.4) is 0 Å². The number of thiophene rings is 1. The van der Waals surface area contributed by atoms with Crippen LogP contribution in [-0.4, -0.2) is 28.0 Å². The zero-order valence-electron chi connectivity index (χ0n) is 11.5. The molecule has 110 valence electrons. The lowest BCUT2D eigenvalue weighted by Gasteiger charge is -2.22. The molecule has 0 spiro atoms. The van der Waals surface area contributed by atoms with E-state index in [1.54, 1.807) is 18.4 Å². The minimum Gasteiger partial charge on any atom is -0.357 e. The minimum atomic E-state index is -0.418. The number of nitrogens with one attached hydrogen (secondary N) is 1. The van der Waals surface area contributed by atoms with E-state index in [2.05, 4.69) is 15.3 Å². The Hall–Kier alpha value is -2.22. The number of nitrogens with zero attached hydrogens (tertiary/aromatic N) is 4. The van der Waals surface area contributed by atoms with E-state index in [-0.39, 0.29) is 5.69 Å². The topological polar surface area (TPSA) is 84.2 Å². The zero-order chi connectivity index (χ0) is 14.8. The Morgan fingerprint density at radius 1 is 1.57 bits per heavy atom. The van der Waals surface area contributed by atoms with Crippen molar-refractivity contribution in [2.24, 2.45) is 0 Å². The highest BCUT2D eigenvalue weighted by molar-refractivity contribution is 7.09. The molecule has 0 aromatic carbocycles. The zero-order valence-corrected chi connectivity index (χ0v) is 12.3. The first-order valence-corrected chi connectivity index (χ1v) is 7.55. The van der Waals surface area contributed by atoms with Crippen molar-refractivity contribution in [3.05, 3.63) is 38.7 Å². The third-order valence-electron chi connectivity index (χ3n) is 3.34. The van der Waals surface area contributed by atoms with Gasteiger partial charge in [-0.05, 0) is 24.3 Å². The molecule has 1 aliphatic carbocycles. The summed E-state index contributed by atoms with van der Waals surface area (Å²) in [4.78, 5) is 22.3. The highest BCUT2D eigenvalue weighted by atomic mass is 32.1. The van der Waals surface area contributed by atoms with Crippen molar-refractivity contribution in [3.63, 3.8) is 0 Å². The van der Waals surface area contributed by atoms with Crippen LogP contribution in [0.15, 0.2) is 23.7 Å². The summed E-state index contributed by atoms with van der Waals surface area (Å²) in [6, 6.07) is 4.34. The Balaban J connectivity index is 1.99. The van der Waals surface area contributed by atoms with Gasteiger partial charge in [0.25, 0.3) is 0 Å². The molecule has 21 heavy (non-hydrogen) atoms. The highest BCUT2D eigenvalue weighted by Gasteiger charge is 2.34. The first-order valence-electron chi connectivity index (χ1n) is 6.67. The Morgan fingerprint density at radius 3 is 2.95 bits per heavy atom. The van der Waals surface area contributed by atoms with Crippen LogP contribution in [0.5, 0.6) is 0 Å². The van der Waals surface area contributed by atoms with Crippen LogP contribution in [-0.2, 0) is 6.54 Å². The van der Waals surface area contributed by atoms with Gasteiger partial charge in [0.05, 0.1) is 11.5 Å².